The van der Waals surface area contributed by atoms with E-state index in [0.29, 0.717) is 28.3 Å². The number of benzene rings is 5. The molecule has 1 aromatic heterocycles. The smallest absolute Gasteiger partial charge is 0.155 e. The number of ether oxygens (including phenoxy) is 1. The lowest BCUT2D eigenvalue weighted by atomic mass is 9.60. The number of furan rings is 1. The van der Waals surface area contributed by atoms with Crippen molar-refractivity contribution in [3.8, 4) is 40.8 Å². The van der Waals surface area contributed by atoms with E-state index in [1.165, 1.54) is 0 Å². The molecule has 0 bridgehead atoms. The Morgan fingerprint density at radius 2 is 1.26 bits per heavy atom. The average molecular weight is 611 g/mol. The van der Waals surface area contributed by atoms with Crippen LogP contribution in [0.2, 0.25) is 0 Å². The SMILES string of the molecule is CC1(C)CCC(C)(C)c2c(N3c4ccc(-c5ccccc5)cc4Oc4cc5oc6ccccc6c5cc43)c(C#N)c(C#N)c(C#N)c21. The van der Waals surface area contributed by atoms with Crippen LogP contribution >= 0.6 is 0 Å². The Morgan fingerprint density at radius 1 is 0.596 bits per heavy atom. The molecule has 0 saturated heterocycles. The molecule has 2 heterocycles. The Bertz CT molecular complexity index is 2430. The van der Waals surface area contributed by atoms with Crippen LogP contribution < -0.4 is 9.64 Å². The summed E-state index contributed by atoms with van der Waals surface area (Å²) in [5, 5.41) is 33.8. The number of anilines is 3. The fourth-order valence-electron chi connectivity index (χ4n) is 7.58. The Morgan fingerprint density at radius 3 is 1.98 bits per heavy atom. The van der Waals surface area contributed by atoms with Crippen LogP contribution in [-0.4, -0.2) is 0 Å². The maximum Gasteiger partial charge on any atom is 0.155 e. The molecule has 0 radical (unpaired) electrons. The third-order valence-electron chi connectivity index (χ3n) is 9.99. The van der Waals surface area contributed by atoms with Crippen molar-refractivity contribution in [2.75, 3.05) is 4.90 Å². The quantitative estimate of drug-likeness (QED) is 0.193. The molecule has 5 aromatic carbocycles. The first-order valence-corrected chi connectivity index (χ1v) is 15.7. The van der Waals surface area contributed by atoms with Gasteiger partial charge in [0.2, 0.25) is 0 Å². The van der Waals surface area contributed by atoms with E-state index < -0.39 is 10.8 Å². The van der Waals surface area contributed by atoms with Crippen molar-refractivity contribution in [2.24, 2.45) is 0 Å². The lowest BCUT2D eigenvalue weighted by Gasteiger charge is -2.46. The standard InChI is InChI=1S/C41H30N4O2/c1-40(2)16-17-41(3,4)38-37(40)29(22-43)28(21-42)30(23-44)39(38)45-31-15-14-25(24-10-6-5-7-11-24)18-35(31)47-36-20-34-27(19-32(36)45)26-12-8-9-13-33(26)46-34/h5-15,18-20H,16-17H2,1-4H3. The van der Waals surface area contributed by atoms with Crippen molar-refractivity contribution in [3.05, 3.63) is 113 Å². The molecule has 0 unspecified atom stereocenters. The largest absolute Gasteiger partial charge is 0.456 e. The Kier molecular flexibility index (Phi) is 6.04. The van der Waals surface area contributed by atoms with Crippen molar-refractivity contribution in [1.29, 1.82) is 15.8 Å². The minimum Gasteiger partial charge on any atom is -0.456 e. The first-order chi connectivity index (χ1) is 22.7. The molecule has 6 nitrogen and oxygen atoms in total. The molecule has 6 heteroatoms. The molecular weight excluding hydrogens is 580 g/mol. The first-order valence-electron chi connectivity index (χ1n) is 15.7. The van der Waals surface area contributed by atoms with Gasteiger partial charge in [0.25, 0.3) is 0 Å². The maximum atomic E-state index is 10.9. The van der Waals surface area contributed by atoms with Crippen LogP contribution in [0.15, 0.2) is 89.3 Å². The van der Waals surface area contributed by atoms with E-state index in [1.807, 2.05) is 60.7 Å². The highest BCUT2D eigenvalue weighted by Gasteiger charge is 2.45. The highest BCUT2D eigenvalue weighted by atomic mass is 16.5. The van der Waals surface area contributed by atoms with Gasteiger partial charge in [0.15, 0.2) is 11.5 Å². The summed E-state index contributed by atoms with van der Waals surface area (Å²) in [5.74, 6) is 1.19. The van der Waals surface area contributed by atoms with Gasteiger partial charge in [-0.25, -0.2) is 0 Å². The predicted octanol–water partition coefficient (Wildman–Crippen LogP) is 10.8. The molecule has 47 heavy (non-hydrogen) atoms. The number of hydrogen-bond donors (Lipinski definition) is 0. The van der Waals surface area contributed by atoms with Crippen LogP contribution in [0.25, 0.3) is 33.1 Å². The third kappa shape index (κ3) is 4.07. The molecule has 1 aliphatic carbocycles. The molecular formula is C41H30N4O2. The molecule has 2 aliphatic rings. The van der Waals surface area contributed by atoms with Crippen LogP contribution in [0.3, 0.4) is 0 Å². The van der Waals surface area contributed by atoms with E-state index in [2.05, 4.69) is 75.1 Å². The number of nitriles is 3. The fraction of sp³-hybridized carbons (Fsp3) is 0.195. The minimum atomic E-state index is -0.402. The van der Waals surface area contributed by atoms with Crippen molar-refractivity contribution in [3.63, 3.8) is 0 Å². The van der Waals surface area contributed by atoms with Gasteiger partial charge in [-0.2, -0.15) is 15.8 Å². The normalized spacial score (nSPS) is 15.5. The molecule has 0 N–H and O–H groups in total. The zero-order chi connectivity index (χ0) is 32.7. The summed E-state index contributed by atoms with van der Waals surface area (Å²) in [5.41, 5.74) is 7.15. The minimum absolute atomic E-state index is 0.111. The van der Waals surface area contributed by atoms with Gasteiger partial charge in [-0.3, -0.25) is 0 Å². The average Bonchev–Trinajstić information content (AvgIpc) is 3.44. The topological polar surface area (TPSA) is 97.0 Å². The number of hydrogen-bond acceptors (Lipinski definition) is 6. The van der Waals surface area contributed by atoms with Crippen molar-refractivity contribution < 1.29 is 9.15 Å². The van der Waals surface area contributed by atoms with Crippen molar-refractivity contribution >= 4 is 39.0 Å². The van der Waals surface area contributed by atoms with E-state index in [4.69, 9.17) is 9.15 Å². The maximum absolute atomic E-state index is 10.9. The van der Waals surface area contributed by atoms with Gasteiger partial charge < -0.3 is 14.1 Å². The fourth-order valence-corrected chi connectivity index (χ4v) is 7.58. The van der Waals surface area contributed by atoms with E-state index in [0.717, 1.165) is 62.8 Å². The second-order valence-electron chi connectivity index (χ2n) is 13.7. The van der Waals surface area contributed by atoms with Crippen molar-refractivity contribution in [2.45, 2.75) is 51.4 Å². The third-order valence-corrected chi connectivity index (χ3v) is 9.99. The van der Waals surface area contributed by atoms with E-state index in [-0.39, 0.29) is 11.1 Å². The van der Waals surface area contributed by atoms with E-state index in [1.54, 1.807) is 0 Å². The molecule has 6 aromatic rings. The van der Waals surface area contributed by atoms with Crippen LogP contribution in [0.4, 0.5) is 17.1 Å². The zero-order valence-electron chi connectivity index (χ0n) is 26.6. The zero-order valence-corrected chi connectivity index (χ0v) is 26.6. The highest BCUT2D eigenvalue weighted by molar-refractivity contribution is 6.08. The molecule has 0 spiro atoms. The number of rotatable bonds is 2. The van der Waals surface area contributed by atoms with Gasteiger partial charge >= 0.3 is 0 Å². The van der Waals surface area contributed by atoms with E-state index in [9.17, 15) is 15.8 Å². The predicted molar refractivity (Wildman–Crippen MR) is 183 cm³/mol. The monoisotopic (exact) mass is 610 g/mol. The second kappa shape index (κ2) is 9.98. The van der Waals surface area contributed by atoms with E-state index >= 15 is 0 Å². The van der Waals surface area contributed by atoms with Crippen LogP contribution in [-0.2, 0) is 10.8 Å². The summed E-state index contributed by atoms with van der Waals surface area (Å²) < 4.78 is 13.0. The van der Waals surface area contributed by atoms with Gasteiger partial charge in [0.05, 0.1) is 33.8 Å². The lowest BCUT2D eigenvalue weighted by Crippen LogP contribution is -2.37. The Hall–Kier alpha value is -6.03. The summed E-state index contributed by atoms with van der Waals surface area (Å²) in [6.45, 7) is 8.61. The van der Waals surface area contributed by atoms with Crippen LogP contribution in [0.5, 0.6) is 11.5 Å². The van der Waals surface area contributed by atoms with Gasteiger partial charge in [0, 0.05) is 16.8 Å². The Balaban J connectivity index is 1.53. The van der Waals surface area contributed by atoms with Gasteiger partial charge in [-0.1, -0.05) is 82.3 Å². The van der Waals surface area contributed by atoms with Crippen LogP contribution in [0.1, 0.15) is 68.4 Å². The van der Waals surface area contributed by atoms with Gasteiger partial charge in [-0.15, -0.1) is 0 Å². The summed E-state index contributed by atoms with van der Waals surface area (Å²) in [6, 6.07) is 35.1. The molecule has 0 fully saturated rings. The number of nitrogens with zero attached hydrogens (tertiary/aromatic N) is 4. The summed E-state index contributed by atoms with van der Waals surface area (Å²) in [4.78, 5) is 2.09. The van der Waals surface area contributed by atoms with Crippen LogP contribution in [0, 0.1) is 34.0 Å². The highest BCUT2D eigenvalue weighted by Crippen LogP contribution is 2.59. The summed E-state index contributed by atoms with van der Waals surface area (Å²) in [6.07, 6.45) is 1.69. The molecule has 0 atom stereocenters. The molecule has 226 valence electrons. The molecule has 0 amide bonds. The second-order valence-corrected chi connectivity index (χ2v) is 13.7. The summed E-state index contributed by atoms with van der Waals surface area (Å²) in [7, 11) is 0. The lowest BCUT2D eigenvalue weighted by molar-refractivity contribution is 0.331. The summed E-state index contributed by atoms with van der Waals surface area (Å²) >= 11 is 0. The Labute approximate surface area is 273 Å². The molecule has 1 aliphatic heterocycles. The first kappa shape index (κ1) is 28.4. The number of para-hydroxylation sites is 1. The molecule has 0 saturated carbocycles. The molecule has 8 rings (SSSR count). The number of fused-ring (bicyclic) bond motifs is 6. The van der Waals surface area contributed by atoms with Gasteiger partial charge in [0.1, 0.15) is 29.4 Å². The van der Waals surface area contributed by atoms with Gasteiger partial charge in [-0.05, 0) is 70.2 Å². The van der Waals surface area contributed by atoms with Crippen molar-refractivity contribution in [1.82, 2.24) is 0 Å².